The summed E-state index contributed by atoms with van der Waals surface area (Å²) in [7, 11) is 0. The first-order valence-electron chi connectivity index (χ1n) is 3.25. The minimum absolute atomic E-state index is 1.03. The zero-order chi connectivity index (χ0) is 7.56. The van der Waals surface area contributed by atoms with Crippen molar-refractivity contribution in [2.24, 2.45) is 5.10 Å². The molecule has 0 aliphatic carbocycles. The summed E-state index contributed by atoms with van der Waals surface area (Å²) in [6.07, 6.45) is 3.46. The molecule has 0 N–H and O–H groups in total. The van der Waals surface area contributed by atoms with Gasteiger partial charge in [-0.3, -0.25) is 0 Å². The third kappa shape index (κ3) is 1.07. The zero-order valence-electron chi connectivity index (χ0n) is 6.50. The number of hydrogen-bond acceptors (Lipinski definition) is 2. The van der Waals surface area contributed by atoms with Crippen LogP contribution in [0.3, 0.4) is 0 Å². The Morgan fingerprint density at radius 3 is 2.70 bits per heavy atom. The Kier molecular flexibility index (Phi) is 1.85. The Morgan fingerprint density at radius 1 is 1.60 bits per heavy atom. The highest BCUT2D eigenvalue weighted by Crippen LogP contribution is 2.02. The van der Waals surface area contributed by atoms with E-state index in [1.165, 1.54) is 0 Å². The predicted octanol–water partition coefficient (Wildman–Crippen LogP) is 1.35. The number of imidazole rings is 1. The van der Waals surface area contributed by atoms with Crippen molar-refractivity contribution in [3.8, 4) is 0 Å². The maximum Gasteiger partial charge on any atom is 0.117 e. The van der Waals surface area contributed by atoms with Gasteiger partial charge in [0, 0.05) is 6.21 Å². The third-order valence-electron chi connectivity index (χ3n) is 1.47. The first-order chi connectivity index (χ1) is 4.75. The van der Waals surface area contributed by atoms with Gasteiger partial charge in [-0.05, 0) is 20.8 Å². The zero-order valence-corrected chi connectivity index (χ0v) is 6.50. The molecule has 0 aliphatic rings. The largest absolute Gasteiger partial charge is 0.240 e. The first kappa shape index (κ1) is 6.99. The molecule has 0 atom stereocenters. The number of rotatable bonds is 1. The van der Waals surface area contributed by atoms with Gasteiger partial charge in [-0.1, -0.05) is 0 Å². The minimum atomic E-state index is 1.03. The van der Waals surface area contributed by atoms with Crippen LogP contribution in [0, 0.1) is 13.8 Å². The van der Waals surface area contributed by atoms with Crippen LogP contribution in [0.15, 0.2) is 11.4 Å². The fraction of sp³-hybridized carbons (Fsp3) is 0.429. The molecular weight excluding hydrogens is 126 g/mol. The summed E-state index contributed by atoms with van der Waals surface area (Å²) < 4.78 is 1.76. The van der Waals surface area contributed by atoms with Crippen molar-refractivity contribution in [3.05, 3.63) is 17.7 Å². The lowest BCUT2D eigenvalue weighted by Gasteiger charge is -1.93. The minimum Gasteiger partial charge on any atom is -0.240 e. The lowest BCUT2D eigenvalue weighted by Crippen LogP contribution is -1.89. The molecule has 54 valence electrons. The van der Waals surface area contributed by atoms with Gasteiger partial charge in [0.1, 0.15) is 6.33 Å². The summed E-state index contributed by atoms with van der Waals surface area (Å²) in [6, 6.07) is 0. The van der Waals surface area contributed by atoms with E-state index in [9.17, 15) is 0 Å². The monoisotopic (exact) mass is 137 g/mol. The second-order valence-corrected chi connectivity index (χ2v) is 2.13. The Balaban J connectivity index is 3.05. The molecule has 0 amide bonds. The van der Waals surface area contributed by atoms with E-state index < -0.39 is 0 Å². The van der Waals surface area contributed by atoms with Gasteiger partial charge in [-0.2, -0.15) is 5.10 Å². The van der Waals surface area contributed by atoms with Crippen LogP contribution < -0.4 is 0 Å². The molecule has 1 aromatic rings. The molecule has 0 saturated carbocycles. The number of nitrogens with zero attached hydrogens (tertiary/aromatic N) is 3. The topological polar surface area (TPSA) is 30.2 Å². The van der Waals surface area contributed by atoms with Gasteiger partial charge in [0.2, 0.25) is 0 Å². The van der Waals surface area contributed by atoms with Crippen molar-refractivity contribution in [2.45, 2.75) is 20.8 Å². The Bertz CT molecular complexity index is 247. The first-order valence-corrected chi connectivity index (χ1v) is 3.25. The van der Waals surface area contributed by atoms with Crippen molar-refractivity contribution in [2.75, 3.05) is 0 Å². The molecule has 1 heterocycles. The fourth-order valence-corrected chi connectivity index (χ4v) is 0.728. The van der Waals surface area contributed by atoms with E-state index in [-0.39, 0.29) is 0 Å². The molecule has 0 fully saturated rings. The summed E-state index contributed by atoms with van der Waals surface area (Å²) >= 11 is 0. The van der Waals surface area contributed by atoms with Crippen LogP contribution in [-0.2, 0) is 0 Å². The maximum absolute atomic E-state index is 4.08. The van der Waals surface area contributed by atoms with E-state index >= 15 is 0 Å². The van der Waals surface area contributed by atoms with E-state index in [1.807, 2.05) is 20.8 Å². The van der Waals surface area contributed by atoms with Crippen molar-refractivity contribution in [3.63, 3.8) is 0 Å². The molecular formula is C7H11N3. The molecule has 0 bridgehead atoms. The average molecular weight is 137 g/mol. The Labute approximate surface area is 60.4 Å². The molecule has 1 rings (SSSR count). The van der Waals surface area contributed by atoms with Gasteiger partial charge >= 0.3 is 0 Å². The van der Waals surface area contributed by atoms with Gasteiger partial charge in [-0.15, -0.1) is 0 Å². The molecule has 10 heavy (non-hydrogen) atoms. The van der Waals surface area contributed by atoms with Gasteiger partial charge in [0.15, 0.2) is 0 Å². The average Bonchev–Trinajstić information content (AvgIpc) is 2.20. The van der Waals surface area contributed by atoms with E-state index in [4.69, 9.17) is 0 Å². The molecule has 0 spiro atoms. The van der Waals surface area contributed by atoms with E-state index in [0.29, 0.717) is 0 Å². The van der Waals surface area contributed by atoms with E-state index in [2.05, 4.69) is 10.1 Å². The number of aromatic nitrogens is 2. The van der Waals surface area contributed by atoms with Crippen LogP contribution in [0.1, 0.15) is 18.3 Å². The summed E-state index contributed by atoms with van der Waals surface area (Å²) in [5.74, 6) is 0. The van der Waals surface area contributed by atoms with Gasteiger partial charge in [0.25, 0.3) is 0 Å². The highest BCUT2D eigenvalue weighted by Gasteiger charge is 1.97. The molecule has 0 aromatic carbocycles. The lowest BCUT2D eigenvalue weighted by atomic mass is 10.4. The Morgan fingerprint density at radius 2 is 2.30 bits per heavy atom. The van der Waals surface area contributed by atoms with Gasteiger partial charge in [-0.25, -0.2) is 9.66 Å². The molecule has 3 nitrogen and oxygen atoms in total. The molecule has 0 unspecified atom stereocenters. The standard InChI is InChI=1S/C7H11N3/c1-4-9-10-5-8-6(2)7(10)3/h4-5H,1-3H3. The lowest BCUT2D eigenvalue weighted by molar-refractivity contribution is 0.842. The van der Waals surface area contributed by atoms with Crippen LogP contribution in [-0.4, -0.2) is 15.9 Å². The van der Waals surface area contributed by atoms with Crippen LogP contribution in [0.4, 0.5) is 0 Å². The normalized spacial score (nSPS) is 11.1. The van der Waals surface area contributed by atoms with E-state index in [0.717, 1.165) is 11.4 Å². The third-order valence-corrected chi connectivity index (χ3v) is 1.47. The quantitative estimate of drug-likeness (QED) is 0.537. The number of hydrogen-bond donors (Lipinski definition) is 0. The molecule has 1 aromatic heterocycles. The van der Waals surface area contributed by atoms with Crippen LogP contribution in [0.5, 0.6) is 0 Å². The van der Waals surface area contributed by atoms with Gasteiger partial charge < -0.3 is 0 Å². The van der Waals surface area contributed by atoms with Crippen LogP contribution >= 0.6 is 0 Å². The van der Waals surface area contributed by atoms with Crippen molar-refractivity contribution >= 4 is 6.21 Å². The molecule has 0 saturated heterocycles. The Hall–Kier alpha value is -1.12. The summed E-state index contributed by atoms with van der Waals surface area (Å²) in [5, 5.41) is 4.06. The predicted molar refractivity (Wildman–Crippen MR) is 41.3 cm³/mol. The van der Waals surface area contributed by atoms with Gasteiger partial charge in [0.05, 0.1) is 11.4 Å². The SMILES string of the molecule is CC=Nn1cnc(C)c1C. The highest BCUT2D eigenvalue weighted by molar-refractivity contribution is 5.53. The van der Waals surface area contributed by atoms with Crippen molar-refractivity contribution < 1.29 is 0 Å². The second-order valence-electron chi connectivity index (χ2n) is 2.13. The number of aryl methyl sites for hydroxylation is 1. The summed E-state index contributed by atoms with van der Waals surface area (Å²) in [6.45, 7) is 5.85. The fourth-order valence-electron chi connectivity index (χ4n) is 0.728. The maximum atomic E-state index is 4.08. The highest BCUT2D eigenvalue weighted by atomic mass is 15.4. The molecule has 0 radical (unpaired) electrons. The van der Waals surface area contributed by atoms with Crippen LogP contribution in [0.25, 0.3) is 0 Å². The second kappa shape index (κ2) is 2.64. The van der Waals surface area contributed by atoms with Crippen molar-refractivity contribution in [1.82, 2.24) is 9.66 Å². The summed E-state index contributed by atoms with van der Waals surface area (Å²) in [5.41, 5.74) is 2.13. The molecule has 3 heteroatoms. The smallest absolute Gasteiger partial charge is 0.117 e. The van der Waals surface area contributed by atoms with Crippen LogP contribution in [0.2, 0.25) is 0 Å². The van der Waals surface area contributed by atoms with Crippen molar-refractivity contribution in [1.29, 1.82) is 0 Å². The van der Waals surface area contributed by atoms with E-state index in [1.54, 1.807) is 17.2 Å². The summed E-state index contributed by atoms with van der Waals surface area (Å²) in [4.78, 5) is 4.08. The molecule has 0 aliphatic heterocycles.